The fourth-order valence-corrected chi connectivity index (χ4v) is 1.86. The summed E-state index contributed by atoms with van der Waals surface area (Å²) in [5, 5.41) is 10.0. The minimum Gasteiger partial charge on any atom is -0.398 e. The van der Waals surface area contributed by atoms with Crippen LogP contribution in [0, 0.1) is 19.8 Å². The van der Waals surface area contributed by atoms with E-state index in [1.165, 1.54) is 0 Å². The largest absolute Gasteiger partial charge is 0.398 e. The number of aliphatic hydroxyl groups is 1. The smallest absolute Gasteiger partial charge is 0.0812 e. The summed E-state index contributed by atoms with van der Waals surface area (Å²) < 4.78 is 0. The van der Waals surface area contributed by atoms with Gasteiger partial charge in [0.25, 0.3) is 0 Å². The molecule has 1 aromatic rings. The molecule has 0 aromatic heterocycles. The van der Waals surface area contributed by atoms with E-state index in [1.54, 1.807) is 0 Å². The van der Waals surface area contributed by atoms with Gasteiger partial charge in [-0.1, -0.05) is 31.5 Å². The number of hydrogen-bond acceptors (Lipinski definition) is 2. The Balaban J connectivity index is 3.02. The first-order chi connectivity index (χ1) is 6.91. The van der Waals surface area contributed by atoms with Crippen LogP contribution >= 0.6 is 0 Å². The van der Waals surface area contributed by atoms with Crippen molar-refractivity contribution in [3.05, 3.63) is 28.8 Å². The van der Waals surface area contributed by atoms with Gasteiger partial charge in [0, 0.05) is 11.3 Å². The van der Waals surface area contributed by atoms with Gasteiger partial charge < -0.3 is 10.8 Å². The van der Waals surface area contributed by atoms with Crippen LogP contribution in [0.15, 0.2) is 12.1 Å². The second-order valence-corrected chi connectivity index (χ2v) is 4.73. The van der Waals surface area contributed by atoms with Gasteiger partial charge in [-0.05, 0) is 31.7 Å². The Morgan fingerprint density at radius 3 is 2.40 bits per heavy atom. The molecule has 1 aromatic carbocycles. The van der Waals surface area contributed by atoms with Crippen molar-refractivity contribution in [3.8, 4) is 0 Å². The molecule has 0 fully saturated rings. The molecule has 0 bridgehead atoms. The normalized spacial score (nSPS) is 13.2. The maximum atomic E-state index is 10.0. The molecule has 0 heterocycles. The Hall–Kier alpha value is -1.02. The third-order valence-corrected chi connectivity index (χ3v) is 2.62. The minimum atomic E-state index is -0.441. The third kappa shape index (κ3) is 2.96. The summed E-state index contributed by atoms with van der Waals surface area (Å²) in [4.78, 5) is 0. The zero-order valence-electron chi connectivity index (χ0n) is 10.0. The number of hydrogen-bond donors (Lipinski definition) is 2. The highest BCUT2D eigenvalue weighted by Gasteiger charge is 2.14. The van der Waals surface area contributed by atoms with Crippen LogP contribution in [0.2, 0.25) is 0 Å². The monoisotopic (exact) mass is 207 g/mol. The van der Waals surface area contributed by atoms with Crippen LogP contribution in [0.1, 0.15) is 43.1 Å². The highest BCUT2D eigenvalue weighted by molar-refractivity contribution is 5.55. The molecule has 2 nitrogen and oxygen atoms in total. The molecule has 84 valence electrons. The molecule has 1 atom stereocenters. The number of nitrogen functional groups attached to an aromatic ring is 1. The highest BCUT2D eigenvalue weighted by Crippen LogP contribution is 2.29. The van der Waals surface area contributed by atoms with Gasteiger partial charge in [-0.25, -0.2) is 0 Å². The molecule has 0 aliphatic heterocycles. The molecular weight excluding hydrogens is 186 g/mol. The maximum absolute atomic E-state index is 10.0. The molecular formula is C13H21NO. The average molecular weight is 207 g/mol. The third-order valence-electron chi connectivity index (χ3n) is 2.62. The summed E-state index contributed by atoms with van der Waals surface area (Å²) in [6.45, 7) is 8.20. The first-order valence-electron chi connectivity index (χ1n) is 5.46. The van der Waals surface area contributed by atoms with Gasteiger partial charge in [0.05, 0.1) is 6.10 Å². The second-order valence-electron chi connectivity index (χ2n) is 4.73. The average Bonchev–Trinajstić information content (AvgIpc) is 2.09. The Bertz CT molecular complexity index is 345. The summed E-state index contributed by atoms with van der Waals surface area (Å²) in [6.07, 6.45) is 0.316. The summed E-state index contributed by atoms with van der Waals surface area (Å²) in [5.41, 5.74) is 9.78. The van der Waals surface area contributed by atoms with Gasteiger partial charge in [0.15, 0.2) is 0 Å². The first kappa shape index (κ1) is 12.1. The van der Waals surface area contributed by atoms with Crippen molar-refractivity contribution in [1.29, 1.82) is 0 Å². The fourth-order valence-electron chi connectivity index (χ4n) is 1.86. The van der Waals surface area contributed by atoms with Crippen molar-refractivity contribution in [3.63, 3.8) is 0 Å². The molecule has 0 amide bonds. The number of aliphatic hydroxyl groups excluding tert-OH is 1. The molecule has 0 radical (unpaired) electrons. The van der Waals surface area contributed by atoms with Crippen molar-refractivity contribution in [1.82, 2.24) is 0 Å². The molecule has 1 unspecified atom stereocenters. The van der Waals surface area contributed by atoms with E-state index in [2.05, 4.69) is 13.8 Å². The standard InChI is InChI=1S/C13H21NO/c1-8(2)5-12(15)11-7-9(3)6-10(4)13(11)14/h6-8,12,15H,5,14H2,1-4H3. The maximum Gasteiger partial charge on any atom is 0.0812 e. The van der Waals surface area contributed by atoms with Gasteiger partial charge in [0.1, 0.15) is 0 Å². The van der Waals surface area contributed by atoms with Crippen molar-refractivity contribution in [2.24, 2.45) is 5.92 Å². The van der Waals surface area contributed by atoms with E-state index in [4.69, 9.17) is 5.73 Å². The van der Waals surface area contributed by atoms with E-state index in [1.807, 2.05) is 26.0 Å². The summed E-state index contributed by atoms with van der Waals surface area (Å²) >= 11 is 0. The molecule has 0 saturated heterocycles. The van der Waals surface area contributed by atoms with E-state index >= 15 is 0 Å². The predicted octanol–water partition coefficient (Wildman–Crippen LogP) is 2.97. The SMILES string of the molecule is Cc1cc(C)c(N)c(C(O)CC(C)C)c1. The summed E-state index contributed by atoms with van der Waals surface area (Å²) in [7, 11) is 0. The van der Waals surface area contributed by atoms with Crippen molar-refractivity contribution in [2.75, 3.05) is 5.73 Å². The zero-order valence-corrected chi connectivity index (χ0v) is 10.0. The van der Waals surface area contributed by atoms with Crippen LogP contribution in [0.3, 0.4) is 0 Å². The van der Waals surface area contributed by atoms with Crippen LogP contribution in [-0.2, 0) is 0 Å². The van der Waals surface area contributed by atoms with Gasteiger partial charge in [0.2, 0.25) is 0 Å². The van der Waals surface area contributed by atoms with E-state index in [0.717, 1.165) is 28.8 Å². The van der Waals surface area contributed by atoms with Crippen LogP contribution < -0.4 is 5.73 Å². The van der Waals surface area contributed by atoms with Crippen molar-refractivity contribution >= 4 is 5.69 Å². The lowest BCUT2D eigenvalue weighted by Gasteiger charge is -2.17. The second kappa shape index (κ2) is 4.67. The highest BCUT2D eigenvalue weighted by atomic mass is 16.3. The number of anilines is 1. The minimum absolute atomic E-state index is 0.441. The van der Waals surface area contributed by atoms with Gasteiger partial charge in [-0.15, -0.1) is 0 Å². The van der Waals surface area contributed by atoms with E-state index in [9.17, 15) is 5.11 Å². The van der Waals surface area contributed by atoms with Crippen molar-refractivity contribution < 1.29 is 5.11 Å². The molecule has 0 aliphatic carbocycles. The van der Waals surface area contributed by atoms with Crippen molar-refractivity contribution in [2.45, 2.75) is 40.2 Å². The van der Waals surface area contributed by atoms with E-state index < -0.39 is 6.10 Å². The lowest BCUT2D eigenvalue weighted by Crippen LogP contribution is -2.07. The Kier molecular flexibility index (Phi) is 3.75. The number of benzene rings is 1. The molecule has 15 heavy (non-hydrogen) atoms. The summed E-state index contributed by atoms with van der Waals surface area (Å²) in [6, 6.07) is 4.02. The molecule has 0 saturated carbocycles. The number of rotatable bonds is 3. The Morgan fingerprint density at radius 1 is 1.27 bits per heavy atom. The van der Waals surface area contributed by atoms with Gasteiger partial charge in [-0.2, -0.15) is 0 Å². The number of aryl methyl sites for hydroxylation is 2. The Labute approximate surface area is 92.1 Å². The molecule has 3 N–H and O–H groups in total. The molecule has 2 heteroatoms. The number of nitrogens with two attached hydrogens (primary N) is 1. The molecule has 1 rings (SSSR count). The lowest BCUT2D eigenvalue weighted by atomic mass is 9.95. The van der Waals surface area contributed by atoms with Crippen LogP contribution in [0.5, 0.6) is 0 Å². The van der Waals surface area contributed by atoms with Crippen LogP contribution in [0.4, 0.5) is 5.69 Å². The quantitative estimate of drug-likeness (QED) is 0.748. The zero-order chi connectivity index (χ0) is 11.6. The predicted molar refractivity (Wildman–Crippen MR) is 64.7 cm³/mol. The van der Waals surface area contributed by atoms with Gasteiger partial charge >= 0.3 is 0 Å². The van der Waals surface area contributed by atoms with E-state index in [-0.39, 0.29) is 0 Å². The molecule has 0 spiro atoms. The first-order valence-corrected chi connectivity index (χ1v) is 5.46. The fraction of sp³-hybridized carbons (Fsp3) is 0.538. The molecule has 0 aliphatic rings. The van der Waals surface area contributed by atoms with Gasteiger partial charge in [-0.3, -0.25) is 0 Å². The van der Waals surface area contributed by atoms with E-state index in [0.29, 0.717) is 5.92 Å². The van der Waals surface area contributed by atoms with Crippen LogP contribution in [0.25, 0.3) is 0 Å². The van der Waals surface area contributed by atoms with Crippen LogP contribution in [-0.4, -0.2) is 5.11 Å². The topological polar surface area (TPSA) is 46.2 Å². The lowest BCUT2D eigenvalue weighted by molar-refractivity contribution is 0.151. The summed E-state index contributed by atoms with van der Waals surface area (Å²) in [5.74, 6) is 0.472. The Morgan fingerprint density at radius 2 is 1.87 bits per heavy atom.